The lowest BCUT2D eigenvalue weighted by Gasteiger charge is -2.07. The fourth-order valence-electron chi connectivity index (χ4n) is 1.21. The summed E-state index contributed by atoms with van der Waals surface area (Å²) in [6.07, 6.45) is 0. The van der Waals surface area contributed by atoms with E-state index in [2.05, 4.69) is 0 Å². The molecule has 1 aromatic carbocycles. The van der Waals surface area contributed by atoms with Crippen LogP contribution < -0.4 is 11.5 Å². The largest absolute Gasteiger partial charge is 0.462 e. The highest BCUT2D eigenvalue weighted by Crippen LogP contribution is 2.21. The maximum atomic E-state index is 11.5. The SMILES string of the molecule is CCOC(=O)c1c(N)cc(N)cc1C#N. The zero-order chi connectivity index (χ0) is 11.4. The third-order valence-corrected chi connectivity index (χ3v) is 1.79. The lowest BCUT2D eigenvalue weighted by atomic mass is 10.1. The number of esters is 1. The lowest BCUT2D eigenvalue weighted by Crippen LogP contribution is -2.11. The molecule has 5 nitrogen and oxygen atoms in total. The molecule has 1 aromatic rings. The third kappa shape index (κ3) is 2.17. The Kier molecular flexibility index (Phi) is 3.13. The Morgan fingerprint density at radius 3 is 2.73 bits per heavy atom. The van der Waals surface area contributed by atoms with Crippen molar-refractivity contribution in [2.45, 2.75) is 6.92 Å². The number of ether oxygens (including phenoxy) is 1. The van der Waals surface area contributed by atoms with Gasteiger partial charge in [0.15, 0.2) is 0 Å². The molecule has 0 bridgehead atoms. The predicted molar refractivity (Wildman–Crippen MR) is 55.9 cm³/mol. The molecule has 0 aliphatic rings. The van der Waals surface area contributed by atoms with E-state index in [-0.39, 0.29) is 23.4 Å². The van der Waals surface area contributed by atoms with Gasteiger partial charge in [-0.05, 0) is 19.1 Å². The van der Waals surface area contributed by atoms with Crippen LogP contribution in [0.1, 0.15) is 22.8 Å². The van der Waals surface area contributed by atoms with Gasteiger partial charge in [-0.2, -0.15) is 5.26 Å². The van der Waals surface area contributed by atoms with Gasteiger partial charge in [-0.3, -0.25) is 0 Å². The Labute approximate surface area is 87.2 Å². The molecule has 0 spiro atoms. The topological polar surface area (TPSA) is 102 Å². The fourth-order valence-corrected chi connectivity index (χ4v) is 1.21. The summed E-state index contributed by atoms with van der Waals surface area (Å²) in [5.41, 5.74) is 11.8. The number of hydrogen-bond donors (Lipinski definition) is 2. The molecule has 0 fully saturated rings. The summed E-state index contributed by atoms with van der Waals surface area (Å²) in [6.45, 7) is 1.91. The maximum Gasteiger partial charge on any atom is 0.341 e. The van der Waals surface area contributed by atoms with Crippen LogP contribution in [-0.2, 0) is 4.74 Å². The van der Waals surface area contributed by atoms with Gasteiger partial charge in [0.1, 0.15) is 11.6 Å². The van der Waals surface area contributed by atoms with E-state index in [9.17, 15) is 4.79 Å². The summed E-state index contributed by atoms with van der Waals surface area (Å²) < 4.78 is 4.78. The van der Waals surface area contributed by atoms with E-state index in [1.807, 2.05) is 6.07 Å². The average molecular weight is 205 g/mol. The smallest absolute Gasteiger partial charge is 0.341 e. The van der Waals surface area contributed by atoms with Crippen molar-refractivity contribution < 1.29 is 9.53 Å². The molecule has 0 saturated carbocycles. The van der Waals surface area contributed by atoms with E-state index in [0.29, 0.717) is 5.69 Å². The van der Waals surface area contributed by atoms with Crippen molar-refractivity contribution in [3.8, 4) is 6.07 Å². The van der Waals surface area contributed by atoms with Crippen LogP contribution in [-0.4, -0.2) is 12.6 Å². The summed E-state index contributed by atoms with van der Waals surface area (Å²) in [7, 11) is 0. The monoisotopic (exact) mass is 205 g/mol. The van der Waals surface area contributed by atoms with Crippen molar-refractivity contribution in [2.75, 3.05) is 18.1 Å². The molecular weight excluding hydrogens is 194 g/mol. The van der Waals surface area contributed by atoms with Crippen molar-refractivity contribution >= 4 is 17.3 Å². The Morgan fingerprint density at radius 2 is 2.20 bits per heavy atom. The van der Waals surface area contributed by atoms with Gasteiger partial charge < -0.3 is 16.2 Å². The van der Waals surface area contributed by atoms with Crippen LogP contribution in [0.15, 0.2) is 12.1 Å². The molecule has 1 rings (SSSR count). The first-order valence-electron chi connectivity index (χ1n) is 4.36. The van der Waals surface area contributed by atoms with Crippen LogP contribution >= 0.6 is 0 Å². The molecule has 0 heterocycles. The number of anilines is 2. The van der Waals surface area contributed by atoms with Crippen molar-refractivity contribution in [2.24, 2.45) is 0 Å². The summed E-state index contributed by atoms with van der Waals surface area (Å²) in [5.74, 6) is -0.605. The number of nitrogens with two attached hydrogens (primary N) is 2. The predicted octanol–water partition coefficient (Wildman–Crippen LogP) is 0.899. The molecule has 78 valence electrons. The molecule has 0 aliphatic carbocycles. The first-order valence-corrected chi connectivity index (χ1v) is 4.36. The quantitative estimate of drug-likeness (QED) is 0.551. The first kappa shape index (κ1) is 10.9. The molecular formula is C10H11N3O2. The molecule has 0 amide bonds. The Hall–Kier alpha value is -2.22. The summed E-state index contributed by atoms with van der Waals surface area (Å²) in [5, 5.41) is 8.82. The summed E-state index contributed by atoms with van der Waals surface area (Å²) >= 11 is 0. The zero-order valence-electron chi connectivity index (χ0n) is 8.28. The molecule has 4 N–H and O–H groups in total. The van der Waals surface area contributed by atoms with Gasteiger partial charge in [-0.25, -0.2) is 4.79 Å². The number of nitrogen functional groups attached to an aromatic ring is 2. The van der Waals surface area contributed by atoms with Gasteiger partial charge in [-0.1, -0.05) is 0 Å². The van der Waals surface area contributed by atoms with Gasteiger partial charge >= 0.3 is 5.97 Å². The van der Waals surface area contributed by atoms with Gasteiger partial charge in [0.2, 0.25) is 0 Å². The number of nitrogens with zero attached hydrogens (tertiary/aromatic N) is 1. The van der Waals surface area contributed by atoms with Crippen LogP contribution in [0.4, 0.5) is 11.4 Å². The second-order valence-electron chi connectivity index (χ2n) is 2.86. The summed E-state index contributed by atoms with van der Waals surface area (Å²) in [6, 6.07) is 4.67. The van der Waals surface area contributed by atoms with Crippen LogP contribution in [0.25, 0.3) is 0 Å². The minimum atomic E-state index is -0.605. The molecule has 0 unspecified atom stereocenters. The van der Waals surface area contributed by atoms with Crippen molar-refractivity contribution in [1.29, 1.82) is 5.26 Å². The molecule has 0 aromatic heterocycles. The Balaban J connectivity index is 3.28. The highest BCUT2D eigenvalue weighted by Gasteiger charge is 2.16. The van der Waals surface area contributed by atoms with E-state index in [4.69, 9.17) is 21.5 Å². The van der Waals surface area contributed by atoms with E-state index in [1.165, 1.54) is 12.1 Å². The van der Waals surface area contributed by atoms with E-state index < -0.39 is 5.97 Å². The minimum Gasteiger partial charge on any atom is -0.462 e. The molecule has 5 heteroatoms. The Morgan fingerprint density at radius 1 is 1.53 bits per heavy atom. The van der Waals surface area contributed by atoms with Crippen molar-refractivity contribution in [3.63, 3.8) is 0 Å². The summed E-state index contributed by atoms with van der Waals surface area (Å²) in [4.78, 5) is 11.5. The number of rotatable bonds is 2. The number of nitriles is 1. The van der Waals surface area contributed by atoms with Gasteiger partial charge in [0, 0.05) is 11.4 Å². The molecule has 0 radical (unpaired) electrons. The van der Waals surface area contributed by atoms with Crippen LogP contribution in [0.5, 0.6) is 0 Å². The van der Waals surface area contributed by atoms with E-state index >= 15 is 0 Å². The second kappa shape index (κ2) is 4.33. The highest BCUT2D eigenvalue weighted by molar-refractivity contribution is 5.98. The Bertz CT molecular complexity index is 435. The molecule has 0 atom stereocenters. The number of benzene rings is 1. The number of carbonyl (C=O) groups excluding carboxylic acids is 1. The third-order valence-electron chi connectivity index (χ3n) is 1.79. The molecule has 15 heavy (non-hydrogen) atoms. The molecule has 0 aliphatic heterocycles. The maximum absolute atomic E-state index is 11.5. The van der Waals surface area contributed by atoms with Gasteiger partial charge in [-0.15, -0.1) is 0 Å². The van der Waals surface area contributed by atoms with E-state index in [1.54, 1.807) is 6.92 Å². The zero-order valence-corrected chi connectivity index (χ0v) is 8.28. The first-order chi connectivity index (χ1) is 7.10. The second-order valence-corrected chi connectivity index (χ2v) is 2.86. The standard InChI is InChI=1S/C10H11N3O2/c1-2-15-10(14)9-6(5-11)3-7(12)4-8(9)13/h3-4H,2,12-13H2,1H3. The van der Waals surface area contributed by atoms with E-state index in [0.717, 1.165) is 0 Å². The van der Waals surface area contributed by atoms with Gasteiger partial charge in [0.25, 0.3) is 0 Å². The normalized spacial score (nSPS) is 9.33. The van der Waals surface area contributed by atoms with Crippen LogP contribution in [0.2, 0.25) is 0 Å². The van der Waals surface area contributed by atoms with Gasteiger partial charge in [0.05, 0.1) is 12.2 Å². The van der Waals surface area contributed by atoms with Crippen LogP contribution in [0.3, 0.4) is 0 Å². The fraction of sp³-hybridized carbons (Fsp3) is 0.200. The minimum absolute atomic E-state index is 0.0774. The lowest BCUT2D eigenvalue weighted by molar-refractivity contribution is 0.0527. The number of carbonyl (C=O) groups is 1. The van der Waals surface area contributed by atoms with Crippen LogP contribution in [0, 0.1) is 11.3 Å². The molecule has 0 saturated heterocycles. The average Bonchev–Trinajstić information content (AvgIpc) is 2.16. The van der Waals surface area contributed by atoms with Crippen molar-refractivity contribution in [3.05, 3.63) is 23.3 Å². The van der Waals surface area contributed by atoms with Crippen molar-refractivity contribution in [1.82, 2.24) is 0 Å². The highest BCUT2D eigenvalue weighted by atomic mass is 16.5. The number of hydrogen-bond acceptors (Lipinski definition) is 5.